The molecule has 3 aromatic heterocycles. The molecule has 0 aliphatic carbocycles. The average molecular weight is 506 g/mol. The van der Waals surface area contributed by atoms with Gasteiger partial charge in [0.25, 0.3) is 0 Å². The summed E-state index contributed by atoms with van der Waals surface area (Å²) in [6.45, 7) is 2.77. The van der Waals surface area contributed by atoms with Crippen LogP contribution in [-0.2, 0) is 13.0 Å². The number of benzene rings is 2. The van der Waals surface area contributed by atoms with Crippen molar-refractivity contribution < 1.29 is 18.7 Å². The predicted octanol–water partition coefficient (Wildman–Crippen LogP) is 4.17. The molecule has 0 spiro atoms. The van der Waals surface area contributed by atoms with Gasteiger partial charge in [0.1, 0.15) is 22.7 Å². The van der Waals surface area contributed by atoms with Crippen LogP contribution in [0.5, 0.6) is 11.8 Å². The average Bonchev–Trinajstić information content (AvgIpc) is 3.24. The van der Waals surface area contributed by atoms with Crippen LogP contribution in [-0.4, -0.2) is 33.7 Å². The second kappa shape index (κ2) is 8.16. The lowest BCUT2D eigenvalue weighted by molar-refractivity contribution is 0.381. The first-order chi connectivity index (χ1) is 17.3. The van der Waals surface area contributed by atoms with E-state index in [1.807, 2.05) is 4.90 Å². The summed E-state index contributed by atoms with van der Waals surface area (Å²) in [6, 6.07) is 7.46. The number of hydrogen-bond donors (Lipinski definition) is 2. The van der Waals surface area contributed by atoms with Gasteiger partial charge in [0.15, 0.2) is 10.9 Å². The topological polar surface area (TPSA) is 128 Å². The Morgan fingerprint density at radius 3 is 2.86 bits per heavy atom. The van der Waals surface area contributed by atoms with Crippen molar-refractivity contribution in [2.75, 3.05) is 24.3 Å². The molecule has 4 heterocycles. The fourth-order valence-corrected chi connectivity index (χ4v) is 5.63. The van der Waals surface area contributed by atoms with Crippen molar-refractivity contribution >= 4 is 44.0 Å². The van der Waals surface area contributed by atoms with Gasteiger partial charge in [0, 0.05) is 34.4 Å². The molecule has 11 heteroatoms. The van der Waals surface area contributed by atoms with Gasteiger partial charge in [-0.2, -0.15) is 9.97 Å². The lowest BCUT2D eigenvalue weighted by Crippen LogP contribution is -2.31. The number of halogens is 1. The van der Waals surface area contributed by atoms with E-state index in [4.69, 9.17) is 14.9 Å². The van der Waals surface area contributed by atoms with Crippen molar-refractivity contribution in [2.24, 2.45) is 0 Å². The highest BCUT2D eigenvalue weighted by molar-refractivity contribution is 7.15. The summed E-state index contributed by atoms with van der Waals surface area (Å²) in [6.07, 6.45) is 0.647. The zero-order valence-electron chi connectivity index (χ0n) is 19.3. The second-order valence-electron chi connectivity index (χ2n) is 8.53. The number of aryl methyl sites for hydroxylation is 1. The molecule has 5 aromatic rings. The van der Waals surface area contributed by atoms with Gasteiger partial charge < -0.3 is 24.9 Å². The van der Waals surface area contributed by atoms with E-state index in [-0.39, 0.29) is 33.9 Å². The number of aromatic hydroxyl groups is 1. The number of anilines is 2. The van der Waals surface area contributed by atoms with Gasteiger partial charge in [-0.05, 0) is 30.5 Å². The van der Waals surface area contributed by atoms with Crippen LogP contribution in [0.4, 0.5) is 15.3 Å². The van der Waals surface area contributed by atoms with Crippen LogP contribution in [0.1, 0.15) is 16.1 Å². The molecule has 0 amide bonds. The smallest absolute Gasteiger partial charge is 0.349 e. The molecule has 0 saturated heterocycles. The van der Waals surface area contributed by atoms with Crippen LogP contribution in [0.15, 0.2) is 39.5 Å². The van der Waals surface area contributed by atoms with E-state index in [0.29, 0.717) is 46.9 Å². The fourth-order valence-electron chi connectivity index (χ4n) is 4.73. The Labute approximate surface area is 207 Å². The Bertz CT molecular complexity index is 1750. The lowest BCUT2D eigenvalue weighted by atomic mass is 9.98. The summed E-state index contributed by atoms with van der Waals surface area (Å²) in [5, 5.41) is 11.7. The van der Waals surface area contributed by atoms with E-state index in [1.165, 1.54) is 36.6 Å². The van der Waals surface area contributed by atoms with Gasteiger partial charge in [-0.3, -0.25) is 0 Å². The number of phenols is 1. The van der Waals surface area contributed by atoms with Crippen LogP contribution in [0.3, 0.4) is 0 Å². The summed E-state index contributed by atoms with van der Waals surface area (Å²) < 4.78 is 26.1. The highest BCUT2D eigenvalue weighted by Crippen LogP contribution is 2.39. The third kappa shape index (κ3) is 3.42. The van der Waals surface area contributed by atoms with Crippen molar-refractivity contribution in [3.63, 3.8) is 0 Å². The number of nitrogen functional groups attached to an aromatic ring is 1. The second-order valence-corrected chi connectivity index (χ2v) is 9.64. The van der Waals surface area contributed by atoms with Crippen LogP contribution >= 0.6 is 11.3 Å². The Morgan fingerprint density at radius 2 is 2.06 bits per heavy atom. The summed E-state index contributed by atoms with van der Waals surface area (Å²) in [7, 11) is 1.45. The molecule has 36 heavy (non-hydrogen) atoms. The van der Waals surface area contributed by atoms with Gasteiger partial charge >= 0.3 is 11.6 Å². The largest absolute Gasteiger partial charge is 0.508 e. The monoisotopic (exact) mass is 505 g/mol. The standard InChI is InChI=1S/C25H20FN5O4S/c1-11-20-19(22(30-25(29-20)34-2)31-7-6-16-17(10-31)36-24(27)28-16)23(33)35-21(11)14-9-13(32)8-12-4-3-5-15(26)18(12)14/h3-5,8-9,32H,6-7,10H2,1-2H3,(H2,27,28). The SMILES string of the molecule is COc1nc(N2CCc3nc(N)sc3C2)c2c(=O)oc(-c3cc(O)cc4cccc(F)c34)c(C)c2n1. The molecule has 1 aliphatic rings. The van der Waals surface area contributed by atoms with Crippen molar-refractivity contribution in [2.45, 2.75) is 19.9 Å². The first kappa shape index (κ1) is 22.2. The van der Waals surface area contributed by atoms with Crippen LogP contribution in [0.2, 0.25) is 0 Å². The van der Waals surface area contributed by atoms with E-state index in [0.717, 1.165) is 10.6 Å². The third-order valence-corrected chi connectivity index (χ3v) is 7.26. The van der Waals surface area contributed by atoms with E-state index in [1.54, 1.807) is 19.1 Å². The summed E-state index contributed by atoms with van der Waals surface area (Å²) in [5.74, 6) is -0.0936. The Balaban J connectivity index is 1.60. The molecular weight excluding hydrogens is 485 g/mol. The molecule has 9 nitrogen and oxygen atoms in total. The number of phenolic OH excluding ortho intramolecular Hbond substituents is 1. The molecule has 0 saturated carbocycles. The Morgan fingerprint density at radius 1 is 1.22 bits per heavy atom. The molecule has 3 N–H and O–H groups in total. The predicted molar refractivity (Wildman–Crippen MR) is 135 cm³/mol. The first-order valence-corrected chi connectivity index (χ1v) is 12.0. The molecule has 0 fully saturated rings. The minimum Gasteiger partial charge on any atom is -0.508 e. The Kier molecular flexibility index (Phi) is 5.04. The van der Waals surface area contributed by atoms with E-state index in [9.17, 15) is 14.3 Å². The number of rotatable bonds is 3. The maximum absolute atomic E-state index is 14.9. The molecule has 1 aliphatic heterocycles. The number of hydrogen-bond acceptors (Lipinski definition) is 10. The van der Waals surface area contributed by atoms with Crippen molar-refractivity contribution in [1.82, 2.24) is 15.0 Å². The molecular formula is C25H20FN5O4S. The summed E-state index contributed by atoms with van der Waals surface area (Å²) in [4.78, 5) is 29.7. The minimum absolute atomic E-state index is 0.0821. The first-order valence-electron chi connectivity index (χ1n) is 11.1. The fraction of sp³-hybridized carbons (Fsp3) is 0.200. The number of thiazole rings is 1. The van der Waals surface area contributed by atoms with E-state index in [2.05, 4.69) is 15.0 Å². The third-order valence-electron chi connectivity index (χ3n) is 6.35. The zero-order chi connectivity index (χ0) is 25.1. The normalized spacial score (nSPS) is 13.4. The van der Waals surface area contributed by atoms with Crippen molar-refractivity contribution in [1.29, 1.82) is 0 Å². The van der Waals surface area contributed by atoms with E-state index < -0.39 is 11.4 Å². The quantitative estimate of drug-likeness (QED) is 0.371. The molecule has 182 valence electrons. The number of ether oxygens (including phenoxy) is 1. The number of fused-ring (bicyclic) bond motifs is 3. The van der Waals surface area contributed by atoms with Crippen molar-refractivity contribution in [3.8, 4) is 23.1 Å². The highest BCUT2D eigenvalue weighted by Gasteiger charge is 2.27. The zero-order valence-corrected chi connectivity index (χ0v) is 20.1. The summed E-state index contributed by atoms with van der Waals surface area (Å²) >= 11 is 1.40. The van der Waals surface area contributed by atoms with E-state index >= 15 is 0 Å². The number of nitrogens with zero attached hydrogens (tertiary/aromatic N) is 4. The molecule has 0 radical (unpaired) electrons. The van der Waals surface area contributed by atoms with Gasteiger partial charge in [-0.1, -0.05) is 12.1 Å². The van der Waals surface area contributed by atoms with Crippen molar-refractivity contribution in [3.05, 3.63) is 62.7 Å². The van der Waals surface area contributed by atoms with Gasteiger partial charge in [0.2, 0.25) is 0 Å². The number of methoxy groups -OCH3 is 1. The molecule has 2 aromatic carbocycles. The molecule has 0 unspecified atom stereocenters. The Hall–Kier alpha value is -4.25. The number of nitrogens with two attached hydrogens (primary N) is 1. The highest BCUT2D eigenvalue weighted by atomic mass is 32.1. The summed E-state index contributed by atoms with van der Waals surface area (Å²) in [5.41, 5.74) is 7.22. The maximum atomic E-state index is 14.9. The maximum Gasteiger partial charge on any atom is 0.349 e. The lowest BCUT2D eigenvalue weighted by Gasteiger charge is -2.28. The molecule has 6 rings (SSSR count). The minimum atomic E-state index is -0.675. The molecule has 0 atom stereocenters. The molecule has 0 bridgehead atoms. The van der Waals surface area contributed by atoms with Crippen LogP contribution in [0.25, 0.3) is 33.0 Å². The number of aromatic nitrogens is 3. The van der Waals surface area contributed by atoms with Crippen LogP contribution < -0.4 is 21.0 Å². The van der Waals surface area contributed by atoms with Gasteiger partial charge in [-0.15, -0.1) is 11.3 Å². The van der Waals surface area contributed by atoms with Gasteiger partial charge in [-0.25, -0.2) is 14.2 Å². The van der Waals surface area contributed by atoms with Crippen LogP contribution in [0, 0.1) is 12.7 Å². The van der Waals surface area contributed by atoms with Gasteiger partial charge in [0.05, 0.1) is 24.9 Å².